The molecule has 0 bridgehead atoms. The van der Waals surface area contributed by atoms with Gasteiger partial charge < -0.3 is 29.4 Å². The number of aromatic nitrogens is 1. The molecule has 0 amide bonds. The Morgan fingerprint density at radius 1 is 1.17 bits per heavy atom. The highest BCUT2D eigenvalue weighted by Crippen LogP contribution is 2.38. The van der Waals surface area contributed by atoms with Gasteiger partial charge in [0.2, 0.25) is 0 Å². The number of carboxylic acid groups (broad SMARTS) is 1. The van der Waals surface area contributed by atoms with Crippen molar-refractivity contribution >= 4 is 62.2 Å². The number of thiophene rings is 1. The van der Waals surface area contributed by atoms with Crippen LogP contribution in [0, 0.1) is 5.82 Å². The zero-order valence-electron chi connectivity index (χ0n) is 23.1. The van der Waals surface area contributed by atoms with Crippen LogP contribution in [0.15, 0.2) is 23.1 Å². The molecule has 12 heteroatoms. The molecule has 1 saturated heterocycles. The van der Waals surface area contributed by atoms with E-state index in [1.165, 1.54) is 11.1 Å². The lowest BCUT2D eigenvalue weighted by Gasteiger charge is -2.33. The topological polar surface area (TPSA) is 108 Å². The molecular weight excluding hydrogens is 567 g/mol. The molecule has 0 atom stereocenters. The maximum absolute atomic E-state index is 15.3. The van der Waals surface area contributed by atoms with Gasteiger partial charge >= 0.3 is 5.97 Å². The molecule has 2 N–H and O–H groups in total. The normalized spacial score (nSPS) is 15.8. The molecule has 3 aromatic rings. The maximum atomic E-state index is 15.3. The van der Waals surface area contributed by atoms with Gasteiger partial charge in [0.15, 0.2) is 22.0 Å². The Hall–Kier alpha value is -3.35. The number of ether oxygens (including phenoxy) is 1. The third-order valence-electron chi connectivity index (χ3n) is 7.89. The fraction of sp³-hybridized carbons (Fsp3) is 0.448. The molecule has 1 aromatic carbocycles. The van der Waals surface area contributed by atoms with E-state index in [1.807, 2.05) is 11.8 Å². The fourth-order valence-electron chi connectivity index (χ4n) is 5.76. The molecule has 1 aliphatic carbocycles. The summed E-state index contributed by atoms with van der Waals surface area (Å²) in [6, 6.07) is 2.77. The number of nitrogens with one attached hydrogen (secondary N) is 2. The number of quaternary nitrogens is 1. The van der Waals surface area contributed by atoms with Crippen molar-refractivity contribution in [3.63, 3.8) is 0 Å². The van der Waals surface area contributed by atoms with Crippen LogP contribution in [0.1, 0.15) is 64.3 Å². The van der Waals surface area contributed by atoms with Gasteiger partial charge in [0.1, 0.15) is 5.00 Å². The summed E-state index contributed by atoms with van der Waals surface area (Å²) in [4.78, 5) is 41.1. The van der Waals surface area contributed by atoms with Crippen LogP contribution < -0.4 is 20.8 Å². The van der Waals surface area contributed by atoms with Gasteiger partial charge in [-0.1, -0.05) is 6.42 Å². The van der Waals surface area contributed by atoms with Gasteiger partial charge in [0.25, 0.3) is 0 Å². The van der Waals surface area contributed by atoms with Crippen LogP contribution in [-0.4, -0.2) is 59.3 Å². The molecule has 0 unspecified atom stereocenters. The lowest BCUT2D eigenvalue weighted by molar-refractivity contribution is -0.838. The van der Waals surface area contributed by atoms with Crippen LogP contribution in [0.5, 0.6) is 0 Å². The number of hydrogen-bond acceptors (Lipinski definition) is 7. The predicted molar refractivity (Wildman–Crippen MR) is 158 cm³/mol. The first-order chi connectivity index (χ1) is 19.7. The average Bonchev–Trinajstić information content (AvgIpc) is 3.13. The van der Waals surface area contributed by atoms with Gasteiger partial charge in [0, 0.05) is 29.1 Å². The molecule has 2 aromatic heterocycles. The van der Waals surface area contributed by atoms with Crippen molar-refractivity contribution in [2.75, 3.05) is 38.1 Å². The highest BCUT2D eigenvalue weighted by atomic mass is 32.1. The Labute approximate surface area is 246 Å². The first-order valence-electron chi connectivity index (χ1n) is 14.0. The van der Waals surface area contributed by atoms with Crippen LogP contribution >= 0.6 is 23.6 Å². The monoisotopic (exact) mass is 600 g/mol. The highest BCUT2D eigenvalue weighted by Gasteiger charge is 2.30. The zero-order chi connectivity index (χ0) is 29.3. The molecule has 41 heavy (non-hydrogen) atoms. The number of piperazine rings is 1. The number of anilines is 1. The van der Waals surface area contributed by atoms with Crippen molar-refractivity contribution in [1.29, 1.82) is 0 Å². The van der Waals surface area contributed by atoms with E-state index in [0.29, 0.717) is 61.2 Å². The lowest BCUT2D eigenvalue weighted by atomic mass is 10.1. The van der Waals surface area contributed by atoms with Gasteiger partial charge in [-0.25, -0.2) is 9.18 Å². The number of rotatable bonds is 6. The summed E-state index contributed by atoms with van der Waals surface area (Å²) < 4.78 is 22.3. The molecule has 218 valence electrons. The summed E-state index contributed by atoms with van der Waals surface area (Å²) in [5, 5.41) is 16.0. The second-order valence-electron chi connectivity index (χ2n) is 10.3. The number of aryl methyl sites for hydroxylation is 2. The van der Waals surface area contributed by atoms with Gasteiger partial charge in [-0.2, -0.15) is 0 Å². The Morgan fingerprint density at radius 2 is 1.90 bits per heavy atom. The lowest BCUT2D eigenvalue weighted by Crippen LogP contribution is -3.10. The van der Waals surface area contributed by atoms with Crippen molar-refractivity contribution in [2.24, 2.45) is 0 Å². The molecule has 0 spiro atoms. The number of hydrogen-bond donors (Lipinski definition) is 2. The predicted octanol–water partition coefficient (Wildman–Crippen LogP) is 2.26. The second kappa shape index (κ2) is 12.3. The molecule has 0 saturated carbocycles. The standard InChI is InChI=1S/C29H33FN4O5S2/c1-3-32-16-19(27(36)37)25(35)18-14-20(30)22(15-21(18)32)33-10-12-34(13-11-33)29(40)31-26-24(28(38)39-4-2)17-8-6-5-7-9-23(17)41-26/h14-16H,3-13H2,1-2H3,(H,31,40)(H,36,37). The summed E-state index contributed by atoms with van der Waals surface area (Å²) in [7, 11) is 0. The number of nitrogens with zero attached hydrogens (tertiary/aromatic N) is 2. The summed E-state index contributed by atoms with van der Waals surface area (Å²) in [5.41, 5.74) is 1.35. The number of carboxylic acids is 1. The fourth-order valence-corrected chi connectivity index (χ4v) is 7.39. The molecule has 2 aliphatic rings. The quantitative estimate of drug-likeness (QED) is 0.252. The molecule has 5 rings (SSSR count). The number of halogens is 1. The summed E-state index contributed by atoms with van der Waals surface area (Å²) >= 11 is 7.33. The van der Waals surface area contributed by atoms with Crippen molar-refractivity contribution in [1.82, 2.24) is 9.47 Å². The van der Waals surface area contributed by atoms with Crippen molar-refractivity contribution in [3.8, 4) is 0 Å². The zero-order valence-corrected chi connectivity index (χ0v) is 24.8. The smallest absolute Gasteiger partial charge is 0.341 e. The van der Waals surface area contributed by atoms with E-state index in [1.54, 1.807) is 28.9 Å². The number of aromatic carboxylic acids is 1. The van der Waals surface area contributed by atoms with Gasteiger partial charge in [-0.15, -0.1) is 11.3 Å². The van der Waals surface area contributed by atoms with Gasteiger partial charge in [0.05, 0.1) is 55.4 Å². The van der Waals surface area contributed by atoms with E-state index in [4.69, 9.17) is 17.0 Å². The third-order valence-corrected chi connectivity index (χ3v) is 9.45. The van der Waals surface area contributed by atoms with Crippen molar-refractivity contribution in [2.45, 2.75) is 52.5 Å². The van der Waals surface area contributed by atoms with E-state index < -0.39 is 22.8 Å². The number of esters is 1. The van der Waals surface area contributed by atoms with E-state index >= 15 is 4.39 Å². The van der Waals surface area contributed by atoms with Crippen LogP contribution in [0.2, 0.25) is 0 Å². The number of fused-ring (bicyclic) bond motifs is 2. The van der Waals surface area contributed by atoms with Gasteiger partial charge in [-0.05, 0) is 63.4 Å². The third kappa shape index (κ3) is 5.73. The molecule has 1 aliphatic heterocycles. The minimum Gasteiger partial charge on any atom is -0.545 e. The first-order valence-corrected chi connectivity index (χ1v) is 15.3. The molecule has 1 fully saturated rings. The minimum absolute atomic E-state index is 0.0185. The Bertz CT molecular complexity index is 1580. The number of carbonyl (C=O) groups excluding carboxylic acids is 2. The number of carbonyl (C=O) groups is 2. The second-order valence-corrected chi connectivity index (χ2v) is 11.8. The van der Waals surface area contributed by atoms with Crippen LogP contribution in [0.3, 0.4) is 0 Å². The van der Waals surface area contributed by atoms with Crippen LogP contribution in [0.25, 0.3) is 10.9 Å². The molecule has 9 nitrogen and oxygen atoms in total. The summed E-state index contributed by atoms with van der Waals surface area (Å²) in [5.74, 6) is -2.46. The highest BCUT2D eigenvalue weighted by molar-refractivity contribution is 7.80. The van der Waals surface area contributed by atoms with E-state index in [0.717, 1.165) is 53.6 Å². The van der Waals surface area contributed by atoms with Crippen LogP contribution in [-0.2, 0) is 24.1 Å². The minimum atomic E-state index is -1.58. The molecule has 0 radical (unpaired) electrons. The largest absolute Gasteiger partial charge is 0.545 e. The maximum Gasteiger partial charge on any atom is 0.341 e. The SMILES string of the molecule is CCOC(=O)c1c(NC(=S)N2CC[NH+](c3cc4c(cc3F)c(=O)c(C(=O)[O-])cn4CC)CC2)sc2c1CCCCC2. The van der Waals surface area contributed by atoms with Crippen molar-refractivity contribution < 1.29 is 28.7 Å². The van der Waals surface area contributed by atoms with Gasteiger partial charge in [-0.3, -0.25) is 9.69 Å². The van der Waals surface area contributed by atoms with E-state index in [-0.39, 0.29) is 11.4 Å². The summed E-state index contributed by atoms with van der Waals surface area (Å²) in [6.45, 7) is 6.57. The molecular formula is C29H33FN4O5S2. The van der Waals surface area contributed by atoms with Crippen molar-refractivity contribution in [3.05, 3.63) is 55.9 Å². The number of thiocarbonyl (C=S) groups is 1. The Balaban J connectivity index is 1.34. The first kappa shape index (κ1) is 29.2. The number of pyridine rings is 1. The van der Waals surface area contributed by atoms with E-state index in [2.05, 4.69) is 5.32 Å². The van der Waals surface area contributed by atoms with Crippen LogP contribution in [0.4, 0.5) is 15.1 Å². The van der Waals surface area contributed by atoms with E-state index in [9.17, 15) is 19.5 Å². The Kier molecular flexibility index (Phi) is 8.71. The molecule has 3 heterocycles. The average molecular weight is 601 g/mol. The Morgan fingerprint density at radius 3 is 2.59 bits per heavy atom. The summed E-state index contributed by atoms with van der Waals surface area (Å²) in [6.07, 6.45) is 6.35. The number of benzene rings is 1.